The van der Waals surface area contributed by atoms with Gasteiger partial charge in [-0.15, -0.1) is 0 Å². The Morgan fingerprint density at radius 3 is 0.818 bits per heavy atom. The van der Waals surface area contributed by atoms with Gasteiger partial charge in [0, 0.05) is 0 Å². The van der Waals surface area contributed by atoms with Crippen molar-refractivity contribution in [2.75, 3.05) is 11.5 Å². The van der Waals surface area contributed by atoms with E-state index >= 15 is 0 Å². The summed E-state index contributed by atoms with van der Waals surface area (Å²) in [5.74, 6) is 2.13. The van der Waals surface area contributed by atoms with E-state index in [-0.39, 0.29) is 0 Å². The summed E-state index contributed by atoms with van der Waals surface area (Å²) in [6.07, 6.45) is 22.4. The molecule has 0 N–H and O–H groups in total. The fourth-order valence-corrected chi connectivity index (χ4v) is 2.94. The lowest BCUT2D eigenvalue weighted by atomic mass is 10.1. The molecule has 2 heteroatoms. The molecule has 0 radical (unpaired) electrons. The van der Waals surface area contributed by atoms with Crippen molar-refractivity contribution in [3.63, 3.8) is 0 Å². The minimum atomic E-state index is 1.06. The molecule has 0 rings (SSSR count). The number of unbranched alkanes of at least 4 members (excludes halogenated alkanes) is 14. The van der Waals surface area contributed by atoms with Gasteiger partial charge in [0.1, 0.15) is 0 Å². The van der Waals surface area contributed by atoms with E-state index in [1.54, 1.807) is 0 Å². The van der Waals surface area contributed by atoms with Crippen LogP contribution in [0.1, 0.15) is 117 Å². The molecule has 0 bridgehead atoms. The first kappa shape index (κ1) is 24.9. The van der Waals surface area contributed by atoms with Crippen LogP contribution in [0.15, 0.2) is 0 Å². The lowest BCUT2D eigenvalue weighted by Gasteiger charge is -1.98. The highest BCUT2D eigenvalue weighted by Crippen LogP contribution is 2.09. The van der Waals surface area contributed by atoms with Crippen LogP contribution in [0.25, 0.3) is 0 Å². The predicted octanol–water partition coefficient (Wildman–Crippen LogP) is 8.11. The lowest BCUT2D eigenvalue weighted by molar-refractivity contribution is 0.586. The molecule has 0 saturated heterocycles. The van der Waals surface area contributed by atoms with Gasteiger partial charge in [0.15, 0.2) is 0 Å². The van der Waals surface area contributed by atoms with Crippen LogP contribution in [0.5, 0.6) is 0 Å². The van der Waals surface area contributed by atoms with Crippen molar-refractivity contribution in [2.45, 2.75) is 117 Å². The molecule has 0 heterocycles. The molecule has 0 aliphatic heterocycles. The molecule has 0 amide bonds. The Morgan fingerprint density at radius 2 is 0.591 bits per heavy atom. The Hall–Kier alpha value is 0.700. The molecular formula is C20H44S2. The van der Waals surface area contributed by atoms with Crippen LogP contribution in [-0.2, 0) is 0 Å². The molecule has 0 aliphatic rings. The smallest absolute Gasteiger partial charge is 0.00979 e. The Labute approximate surface area is 153 Å². The van der Waals surface area contributed by atoms with Gasteiger partial charge in [-0.1, -0.05) is 104 Å². The second kappa shape index (κ2) is 26.6. The third-order valence-electron chi connectivity index (χ3n) is 4.02. The number of thiol groups is 2. The van der Waals surface area contributed by atoms with E-state index in [4.69, 9.17) is 0 Å². The van der Waals surface area contributed by atoms with Gasteiger partial charge in [-0.2, -0.15) is 25.3 Å². The highest BCUT2D eigenvalue weighted by molar-refractivity contribution is 7.80. The summed E-state index contributed by atoms with van der Waals surface area (Å²) in [6, 6.07) is 0. The van der Waals surface area contributed by atoms with E-state index in [1.807, 2.05) is 0 Å². The van der Waals surface area contributed by atoms with Crippen molar-refractivity contribution in [1.29, 1.82) is 0 Å². The lowest BCUT2D eigenvalue weighted by Crippen LogP contribution is -1.80. The average Bonchev–Trinajstić information content (AvgIpc) is 2.54. The van der Waals surface area contributed by atoms with Crippen molar-refractivity contribution in [3.8, 4) is 0 Å². The Balaban J connectivity index is 0. The zero-order chi connectivity index (χ0) is 16.7. The van der Waals surface area contributed by atoms with E-state index in [1.165, 1.54) is 103 Å². The van der Waals surface area contributed by atoms with Crippen LogP contribution < -0.4 is 0 Å². The van der Waals surface area contributed by atoms with Crippen LogP contribution >= 0.6 is 25.3 Å². The monoisotopic (exact) mass is 348 g/mol. The Bertz CT molecular complexity index is 126. The number of hydrogen-bond acceptors (Lipinski definition) is 2. The van der Waals surface area contributed by atoms with E-state index in [0.29, 0.717) is 0 Å². The molecule has 0 nitrogen and oxygen atoms in total. The average molecular weight is 349 g/mol. The van der Waals surface area contributed by atoms with Crippen molar-refractivity contribution >= 4 is 25.3 Å². The van der Waals surface area contributed by atoms with Gasteiger partial charge >= 0.3 is 0 Å². The standard InChI is InChI=1S/2C10H22S/c2*1-2-3-4-5-6-7-8-9-10-11/h2*11H,2-10H2,1H3. The second-order valence-electron chi connectivity index (χ2n) is 6.40. The van der Waals surface area contributed by atoms with Crippen molar-refractivity contribution < 1.29 is 0 Å². The Morgan fingerprint density at radius 1 is 0.364 bits per heavy atom. The van der Waals surface area contributed by atoms with E-state index in [9.17, 15) is 0 Å². The number of rotatable bonds is 16. The third kappa shape index (κ3) is 28.8. The minimum absolute atomic E-state index is 1.06. The largest absolute Gasteiger partial charge is 0.179 e. The first-order valence-corrected chi connectivity index (χ1v) is 11.3. The van der Waals surface area contributed by atoms with Crippen LogP contribution in [0.3, 0.4) is 0 Å². The molecule has 0 unspecified atom stereocenters. The van der Waals surface area contributed by atoms with Gasteiger partial charge in [-0.25, -0.2) is 0 Å². The number of hydrogen-bond donors (Lipinski definition) is 2. The molecule has 0 saturated carbocycles. The maximum absolute atomic E-state index is 4.18. The van der Waals surface area contributed by atoms with Crippen LogP contribution in [-0.4, -0.2) is 11.5 Å². The maximum Gasteiger partial charge on any atom is -0.00979 e. The topological polar surface area (TPSA) is 0 Å². The second-order valence-corrected chi connectivity index (χ2v) is 7.29. The van der Waals surface area contributed by atoms with Gasteiger partial charge in [0.05, 0.1) is 0 Å². The van der Waals surface area contributed by atoms with Crippen molar-refractivity contribution in [2.24, 2.45) is 0 Å². The van der Waals surface area contributed by atoms with Gasteiger partial charge in [-0.05, 0) is 24.3 Å². The van der Waals surface area contributed by atoms with Gasteiger partial charge in [-0.3, -0.25) is 0 Å². The van der Waals surface area contributed by atoms with Crippen LogP contribution in [0.4, 0.5) is 0 Å². The summed E-state index contributed by atoms with van der Waals surface area (Å²) in [7, 11) is 0. The van der Waals surface area contributed by atoms with Crippen LogP contribution in [0.2, 0.25) is 0 Å². The maximum atomic E-state index is 4.18. The quantitative estimate of drug-likeness (QED) is 0.204. The first-order chi connectivity index (χ1) is 10.8. The van der Waals surface area contributed by atoms with Crippen LogP contribution in [0, 0.1) is 0 Å². The molecule has 0 fully saturated rings. The third-order valence-corrected chi connectivity index (χ3v) is 4.66. The fourth-order valence-electron chi connectivity index (χ4n) is 2.49. The highest BCUT2D eigenvalue weighted by Gasteiger charge is 1.90. The molecule has 0 aliphatic carbocycles. The first-order valence-electron chi connectivity index (χ1n) is 10.0. The summed E-state index contributed by atoms with van der Waals surface area (Å²) in [5, 5.41) is 0. The summed E-state index contributed by atoms with van der Waals surface area (Å²) in [5.41, 5.74) is 0. The van der Waals surface area contributed by atoms with Gasteiger partial charge in [0.25, 0.3) is 0 Å². The van der Waals surface area contributed by atoms with Crippen molar-refractivity contribution in [3.05, 3.63) is 0 Å². The summed E-state index contributed by atoms with van der Waals surface area (Å²) in [6.45, 7) is 4.53. The molecule has 0 atom stereocenters. The summed E-state index contributed by atoms with van der Waals surface area (Å²) >= 11 is 8.36. The van der Waals surface area contributed by atoms with E-state index in [2.05, 4.69) is 39.1 Å². The summed E-state index contributed by atoms with van der Waals surface area (Å²) < 4.78 is 0. The molecule has 0 aromatic carbocycles. The molecule has 0 aromatic heterocycles. The molecule has 22 heavy (non-hydrogen) atoms. The van der Waals surface area contributed by atoms with Gasteiger partial charge < -0.3 is 0 Å². The highest BCUT2D eigenvalue weighted by atomic mass is 32.1. The SMILES string of the molecule is CCCCCCCCCCS.CCCCCCCCCCS. The predicted molar refractivity (Wildman–Crippen MR) is 113 cm³/mol. The Kier molecular flexibility index (Phi) is 30.2. The summed E-state index contributed by atoms with van der Waals surface area (Å²) in [4.78, 5) is 0. The van der Waals surface area contributed by atoms with Crippen molar-refractivity contribution in [1.82, 2.24) is 0 Å². The molecule has 0 aromatic rings. The molecular weight excluding hydrogens is 304 g/mol. The van der Waals surface area contributed by atoms with E-state index in [0.717, 1.165) is 11.5 Å². The zero-order valence-electron chi connectivity index (χ0n) is 15.6. The van der Waals surface area contributed by atoms with E-state index < -0.39 is 0 Å². The fraction of sp³-hybridized carbons (Fsp3) is 1.00. The minimum Gasteiger partial charge on any atom is -0.179 e. The molecule has 0 spiro atoms. The van der Waals surface area contributed by atoms with Gasteiger partial charge in [0.2, 0.25) is 0 Å². The normalized spacial score (nSPS) is 10.4. The molecule has 136 valence electrons. The zero-order valence-corrected chi connectivity index (χ0v) is 17.4.